The van der Waals surface area contributed by atoms with E-state index in [4.69, 9.17) is 4.42 Å². The quantitative estimate of drug-likeness (QED) is 0.878. The van der Waals surface area contributed by atoms with Gasteiger partial charge in [0.25, 0.3) is 17.7 Å². The van der Waals surface area contributed by atoms with E-state index in [1.54, 1.807) is 28.0 Å². The summed E-state index contributed by atoms with van der Waals surface area (Å²) >= 11 is 0. The highest BCUT2D eigenvalue weighted by atomic mass is 16.3. The topological polar surface area (TPSA) is 95.8 Å². The first-order valence-electron chi connectivity index (χ1n) is 8.84. The molecule has 1 saturated heterocycles. The van der Waals surface area contributed by atoms with E-state index < -0.39 is 0 Å². The van der Waals surface area contributed by atoms with E-state index in [0.717, 1.165) is 0 Å². The van der Waals surface area contributed by atoms with Gasteiger partial charge in [-0.05, 0) is 38.1 Å². The lowest BCUT2D eigenvalue weighted by molar-refractivity contribution is 0.0518. The summed E-state index contributed by atoms with van der Waals surface area (Å²) in [6.07, 6.45) is 2.92. The Morgan fingerprint density at radius 2 is 1.74 bits per heavy atom. The first-order valence-corrected chi connectivity index (χ1v) is 8.84. The molecule has 0 atom stereocenters. The van der Waals surface area contributed by atoms with Gasteiger partial charge in [0, 0.05) is 44.0 Å². The summed E-state index contributed by atoms with van der Waals surface area (Å²) in [6, 6.07) is 6.37. The second kappa shape index (κ2) is 8.03. The third kappa shape index (κ3) is 4.33. The Morgan fingerprint density at radius 3 is 2.33 bits per heavy atom. The summed E-state index contributed by atoms with van der Waals surface area (Å²) in [5.41, 5.74) is 0.617. The van der Waals surface area contributed by atoms with E-state index in [1.807, 2.05) is 13.8 Å². The zero-order valence-corrected chi connectivity index (χ0v) is 15.3. The van der Waals surface area contributed by atoms with Gasteiger partial charge in [0.2, 0.25) is 0 Å². The molecule has 0 unspecified atom stereocenters. The average molecular weight is 370 g/mol. The maximum absolute atomic E-state index is 12.7. The van der Waals surface area contributed by atoms with E-state index in [0.29, 0.717) is 37.5 Å². The molecule has 3 heterocycles. The summed E-state index contributed by atoms with van der Waals surface area (Å²) in [5, 5.41) is 2.76. The molecule has 142 valence electrons. The van der Waals surface area contributed by atoms with Crippen LogP contribution in [0.1, 0.15) is 45.2 Å². The number of furan rings is 1. The first-order chi connectivity index (χ1) is 13.0. The number of pyridine rings is 1. The number of rotatable bonds is 4. The molecule has 1 aliphatic heterocycles. The molecule has 27 heavy (non-hydrogen) atoms. The van der Waals surface area contributed by atoms with Crippen LogP contribution in [0, 0.1) is 0 Å². The van der Waals surface area contributed by atoms with Crippen molar-refractivity contribution >= 4 is 17.7 Å². The summed E-state index contributed by atoms with van der Waals surface area (Å²) in [4.78, 5) is 44.5. The van der Waals surface area contributed by atoms with Crippen LogP contribution in [0.15, 0.2) is 41.1 Å². The van der Waals surface area contributed by atoms with Gasteiger partial charge in [0.15, 0.2) is 5.76 Å². The molecule has 0 spiro atoms. The lowest BCUT2D eigenvalue weighted by Crippen LogP contribution is -2.50. The number of amides is 3. The summed E-state index contributed by atoms with van der Waals surface area (Å²) in [7, 11) is 0. The zero-order valence-electron chi connectivity index (χ0n) is 15.3. The third-order valence-corrected chi connectivity index (χ3v) is 4.25. The Kier molecular flexibility index (Phi) is 5.54. The molecule has 8 heteroatoms. The second-order valence-corrected chi connectivity index (χ2v) is 6.62. The Labute approximate surface area is 157 Å². The molecule has 2 aromatic rings. The van der Waals surface area contributed by atoms with E-state index in [2.05, 4.69) is 10.3 Å². The molecule has 0 saturated carbocycles. The maximum Gasteiger partial charge on any atom is 0.289 e. The van der Waals surface area contributed by atoms with Gasteiger partial charge in [-0.25, -0.2) is 0 Å². The molecular formula is C19H22N4O4. The number of aromatic nitrogens is 1. The van der Waals surface area contributed by atoms with Gasteiger partial charge >= 0.3 is 0 Å². The Bertz CT molecular complexity index is 824. The van der Waals surface area contributed by atoms with Crippen molar-refractivity contribution < 1.29 is 18.8 Å². The minimum absolute atomic E-state index is 0.0153. The van der Waals surface area contributed by atoms with Crippen molar-refractivity contribution in [3.05, 3.63) is 53.7 Å². The van der Waals surface area contributed by atoms with Crippen LogP contribution in [0.2, 0.25) is 0 Å². The highest BCUT2D eigenvalue weighted by Gasteiger charge is 2.27. The molecule has 1 N–H and O–H groups in total. The fraction of sp³-hybridized carbons (Fsp3) is 0.368. The molecule has 3 rings (SSSR count). The van der Waals surface area contributed by atoms with E-state index >= 15 is 0 Å². The average Bonchev–Trinajstić information content (AvgIpc) is 3.21. The van der Waals surface area contributed by atoms with Crippen LogP contribution in [0.25, 0.3) is 0 Å². The van der Waals surface area contributed by atoms with Crippen molar-refractivity contribution in [3.63, 3.8) is 0 Å². The van der Waals surface area contributed by atoms with Crippen LogP contribution >= 0.6 is 0 Å². The van der Waals surface area contributed by atoms with Crippen molar-refractivity contribution in [1.82, 2.24) is 20.1 Å². The van der Waals surface area contributed by atoms with E-state index in [9.17, 15) is 14.4 Å². The lowest BCUT2D eigenvalue weighted by Gasteiger charge is -2.34. The highest BCUT2D eigenvalue weighted by molar-refractivity contribution is 5.98. The molecular weight excluding hydrogens is 348 g/mol. The second-order valence-electron chi connectivity index (χ2n) is 6.62. The molecule has 8 nitrogen and oxygen atoms in total. The monoisotopic (exact) mass is 370 g/mol. The molecule has 0 aromatic carbocycles. The van der Waals surface area contributed by atoms with Gasteiger partial charge < -0.3 is 19.5 Å². The molecule has 1 aliphatic rings. The fourth-order valence-corrected chi connectivity index (χ4v) is 2.88. The fourth-order valence-electron chi connectivity index (χ4n) is 2.88. The van der Waals surface area contributed by atoms with Crippen molar-refractivity contribution in [1.29, 1.82) is 0 Å². The molecule has 1 fully saturated rings. The van der Waals surface area contributed by atoms with Gasteiger partial charge in [-0.3, -0.25) is 19.4 Å². The van der Waals surface area contributed by atoms with Crippen LogP contribution in [0.3, 0.4) is 0 Å². The molecule has 3 amide bonds. The van der Waals surface area contributed by atoms with Crippen LogP contribution in [-0.2, 0) is 0 Å². The van der Waals surface area contributed by atoms with Gasteiger partial charge in [-0.2, -0.15) is 0 Å². The van der Waals surface area contributed by atoms with Crippen LogP contribution in [0.5, 0.6) is 0 Å². The number of hydrogen-bond donors (Lipinski definition) is 1. The van der Waals surface area contributed by atoms with Crippen LogP contribution < -0.4 is 5.32 Å². The van der Waals surface area contributed by atoms with E-state index in [-0.39, 0.29) is 29.5 Å². The Hall–Kier alpha value is -3.16. The Balaban J connectivity index is 1.62. The van der Waals surface area contributed by atoms with Gasteiger partial charge in [-0.15, -0.1) is 0 Å². The normalized spacial score (nSPS) is 14.3. The largest absolute Gasteiger partial charge is 0.459 e. The van der Waals surface area contributed by atoms with E-state index in [1.165, 1.54) is 18.5 Å². The standard InChI is InChI=1S/C19H22N4O4/c1-13(2)21-17(24)15-12-14(5-6-20-15)18(25)22-7-9-23(10-8-22)19(26)16-4-3-11-27-16/h3-6,11-13H,7-10H2,1-2H3,(H,21,24). The number of nitrogens with zero attached hydrogens (tertiary/aromatic N) is 3. The zero-order chi connectivity index (χ0) is 19.4. The minimum Gasteiger partial charge on any atom is -0.459 e. The smallest absolute Gasteiger partial charge is 0.289 e. The van der Waals surface area contributed by atoms with Crippen molar-refractivity contribution in [2.24, 2.45) is 0 Å². The van der Waals surface area contributed by atoms with Crippen molar-refractivity contribution in [3.8, 4) is 0 Å². The van der Waals surface area contributed by atoms with Gasteiger partial charge in [-0.1, -0.05) is 0 Å². The molecule has 0 bridgehead atoms. The number of carbonyl (C=O) groups is 3. The highest BCUT2D eigenvalue weighted by Crippen LogP contribution is 2.13. The number of carbonyl (C=O) groups excluding carboxylic acids is 3. The Morgan fingerprint density at radius 1 is 1.07 bits per heavy atom. The third-order valence-electron chi connectivity index (χ3n) is 4.25. The van der Waals surface area contributed by atoms with Gasteiger partial charge in [0.1, 0.15) is 5.69 Å². The van der Waals surface area contributed by atoms with Crippen molar-refractivity contribution in [2.75, 3.05) is 26.2 Å². The predicted octanol–water partition coefficient (Wildman–Crippen LogP) is 1.41. The molecule has 0 aliphatic carbocycles. The number of nitrogens with one attached hydrogen (secondary N) is 1. The van der Waals surface area contributed by atoms with Crippen LogP contribution in [0.4, 0.5) is 0 Å². The lowest BCUT2D eigenvalue weighted by atomic mass is 10.1. The van der Waals surface area contributed by atoms with Crippen molar-refractivity contribution in [2.45, 2.75) is 19.9 Å². The molecule has 0 radical (unpaired) electrons. The summed E-state index contributed by atoms with van der Waals surface area (Å²) in [5.74, 6) is -0.372. The number of hydrogen-bond acceptors (Lipinski definition) is 5. The minimum atomic E-state index is -0.312. The summed E-state index contributed by atoms with van der Waals surface area (Å²) in [6.45, 7) is 5.41. The predicted molar refractivity (Wildman–Crippen MR) is 97.4 cm³/mol. The van der Waals surface area contributed by atoms with Crippen LogP contribution in [-0.4, -0.2) is 64.7 Å². The van der Waals surface area contributed by atoms with Gasteiger partial charge in [0.05, 0.1) is 6.26 Å². The number of piperazine rings is 1. The maximum atomic E-state index is 12.7. The SMILES string of the molecule is CC(C)NC(=O)c1cc(C(=O)N2CCN(C(=O)c3ccco3)CC2)ccn1. The first kappa shape index (κ1) is 18.6. The summed E-state index contributed by atoms with van der Waals surface area (Å²) < 4.78 is 5.14. The molecule has 2 aromatic heterocycles.